The maximum absolute atomic E-state index is 14.2. The second-order valence-electron chi connectivity index (χ2n) is 4.88. The van der Waals surface area contributed by atoms with E-state index in [0.717, 1.165) is 0 Å². The van der Waals surface area contributed by atoms with Crippen LogP contribution in [0.2, 0.25) is 0 Å². The van der Waals surface area contributed by atoms with Crippen molar-refractivity contribution >= 4 is 0 Å². The molecule has 3 N–H and O–H groups in total. The average Bonchev–Trinajstić information content (AvgIpc) is 3.01. The van der Waals surface area contributed by atoms with Crippen molar-refractivity contribution in [1.29, 1.82) is 0 Å². The highest BCUT2D eigenvalue weighted by molar-refractivity contribution is 5.37. The third kappa shape index (κ3) is 2.61. The van der Waals surface area contributed by atoms with Crippen LogP contribution in [0.15, 0.2) is 67.0 Å². The fraction of sp³-hybridized carbons (Fsp3) is 0.125. The molecule has 0 spiro atoms. The lowest BCUT2D eigenvalue weighted by atomic mass is 9.86. The van der Waals surface area contributed by atoms with Crippen molar-refractivity contribution in [2.24, 2.45) is 0 Å². The summed E-state index contributed by atoms with van der Waals surface area (Å²) in [6.07, 6.45) is 3.40. The van der Waals surface area contributed by atoms with Crippen molar-refractivity contribution in [2.75, 3.05) is 6.54 Å². The van der Waals surface area contributed by atoms with Gasteiger partial charge in [-0.05, 0) is 11.6 Å². The molecule has 0 saturated carbocycles. The molecule has 108 valence electrons. The van der Waals surface area contributed by atoms with Gasteiger partial charge in [0, 0.05) is 18.0 Å². The Bertz CT molecular complexity index is 639. The molecule has 0 saturated heterocycles. The first-order valence-electron chi connectivity index (χ1n) is 6.68. The van der Waals surface area contributed by atoms with E-state index in [1.807, 2.05) is 18.2 Å². The molecular weight excluding hydrogens is 269 g/mol. The van der Waals surface area contributed by atoms with Crippen LogP contribution in [0.3, 0.4) is 0 Å². The van der Waals surface area contributed by atoms with Gasteiger partial charge in [-0.3, -0.25) is 0 Å². The summed E-state index contributed by atoms with van der Waals surface area (Å²) in [6.45, 7) is 0.144. The Morgan fingerprint density at radius 3 is 2.24 bits per heavy atom. The van der Waals surface area contributed by atoms with Crippen LogP contribution in [0.5, 0.6) is 0 Å². The predicted molar refractivity (Wildman–Crippen MR) is 78.0 cm³/mol. The molecule has 1 atom stereocenters. The van der Waals surface area contributed by atoms with Crippen LogP contribution in [0, 0.1) is 5.82 Å². The summed E-state index contributed by atoms with van der Waals surface area (Å²) in [5.41, 5.74) is 5.26. The highest BCUT2D eigenvalue weighted by Gasteiger charge is 2.36. The van der Waals surface area contributed by atoms with Gasteiger partial charge in [0.05, 0.1) is 6.54 Å². The first-order valence-corrected chi connectivity index (χ1v) is 6.68. The van der Waals surface area contributed by atoms with Gasteiger partial charge in [-0.25, -0.2) is 4.39 Å². The standard InChI is InChI=1S/C16H16FN3O/c17-15-9-5-4-8-14(15)16(21,12-20-18-10-11-19-20)13-6-2-1-3-7-13/h1-11,18-19,21H,12H2. The lowest BCUT2D eigenvalue weighted by Crippen LogP contribution is -2.49. The summed E-state index contributed by atoms with van der Waals surface area (Å²) in [5.74, 6) is -0.434. The molecule has 0 aliphatic carbocycles. The van der Waals surface area contributed by atoms with Gasteiger partial charge in [-0.15, -0.1) is 5.12 Å². The Balaban J connectivity index is 2.04. The van der Waals surface area contributed by atoms with E-state index in [2.05, 4.69) is 10.9 Å². The lowest BCUT2D eigenvalue weighted by molar-refractivity contribution is 0.0108. The largest absolute Gasteiger partial charge is 0.379 e. The van der Waals surface area contributed by atoms with Crippen molar-refractivity contribution in [3.63, 3.8) is 0 Å². The molecule has 1 aliphatic heterocycles. The van der Waals surface area contributed by atoms with E-state index >= 15 is 0 Å². The number of hydrazine groups is 2. The van der Waals surface area contributed by atoms with Crippen molar-refractivity contribution < 1.29 is 9.50 Å². The molecular formula is C16H16FN3O. The SMILES string of the molecule is OC(CN1NC=CN1)(c1ccccc1)c1ccccc1F. The summed E-state index contributed by atoms with van der Waals surface area (Å²) >= 11 is 0. The summed E-state index contributed by atoms with van der Waals surface area (Å²) in [4.78, 5) is 0. The van der Waals surface area contributed by atoms with Crippen LogP contribution in [0.25, 0.3) is 0 Å². The van der Waals surface area contributed by atoms with Gasteiger partial charge in [-0.2, -0.15) is 0 Å². The van der Waals surface area contributed by atoms with Crippen LogP contribution < -0.4 is 10.9 Å². The molecule has 1 aliphatic rings. The van der Waals surface area contributed by atoms with E-state index in [-0.39, 0.29) is 12.1 Å². The summed E-state index contributed by atoms with van der Waals surface area (Å²) in [5, 5.41) is 12.8. The zero-order chi connectivity index (χ0) is 14.7. The average molecular weight is 285 g/mol. The number of halogens is 1. The molecule has 1 heterocycles. The molecule has 0 radical (unpaired) electrons. The van der Waals surface area contributed by atoms with Gasteiger partial charge in [0.2, 0.25) is 0 Å². The lowest BCUT2D eigenvalue weighted by Gasteiger charge is -2.33. The van der Waals surface area contributed by atoms with E-state index in [0.29, 0.717) is 5.56 Å². The van der Waals surface area contributed by atoms with Gasteiger partial charge in [0.25, 0.3) is 0 Å². The van der Waals surface area contributed by atoms with Crippen LogP contribution in [0.4, 0.5) is 4.39 Å². The number of β-amino-alcohol motifs (C(OH)–C–C–N with tert-alkyl or cyclic N) is 1. The van der Waals surface area contributed by atoms with E-state index in [1.165, 1.54) is 6.07 Å². The summed E-state index contributed by atoms with van der Waals surface area (Å²) < 4.78 is 14.2. The highest BCUT2D eigenvalue weighted by atomic mass is 19.1. The van der Waals surface area contributed by atoms with Crippen molar-refractivity contribution in [3.8, 4) is 0 Å². The van der Waals surface area contributed by atoms with E-state index in [1.54, 1.807) is 47.8 Å². The minimum absolute atomic E-state index is 0.144. The number of hydrogen-bond donors (Lipinski definition) is 3. The Morgan fingerprint density at radius 2 is 1.57 bits per heavy atom. The molecule has 0 bridgehead atoms. The Morgan fingerprint density at radius 1 is 0.952 bits per heavy atom. The number of benzene rings is 2. The number of aliphatic hydroxyl groups is 1. The van der Waals surface area contributed by atoms with E-state index in [9.17, 15) is 9.50 Å². The number of hydrogen-bond acceptors (Lipinski definition) is 4. The van der Waals surface area contributed by atoms with Crippen molar-refractivity contribution in [1.82, 2.24) is 16.0 Å². The predicted octanol–water partition coefficient (Wildman–Crippen LogP) is 1.86. The van der Waals surface area contributed by atoms with Crippen LogP contribution in [-0.4, -0.2) is 16.8 Å². The maximum atomic E-state index is 14.2. The summed E-state index contributed by atoms with van der Waals surface area (Å²) in [6, 6.07) is 15.4. The Hall–Kier alpha value is -2.37. The van der Waals surface area contributed by atoms with Gasteiger partial charge in [-0.1, -0.05) is 48.5 Å². The van der Waals surface area contributed by atoms with Crippen molar-refractivity contribution in [2.45, 2.75) is 5.60 Å². The topological polar surface area (TPSA) is 47.5 Å². The van der Waals surface area contributed by atoms with Crippen LogP contribution in [0.1, 0.15) is 11.1 Å². The second kappa shape index (κ2) is 5.55. The number of nitrogens with one attached hydrogen (secondary N) is 2. The Kier molecular flexibility index (Phi) is 3.60. The number of nitrogens with zero attached hydrogens (tertiary/aromatic N) is 1. The Labute approximate surface area is 122 Å². The van der Waals surface area contributed by atoms with Gasteiger partial charge in [0.1, 0.15) is 11.4 Å². The zero-order valence-corrected chi connectivity index (χ0v) is 11.3. The molecule has 5 heteroatoms. The second-order valence-corrected chi connectivity index (χ2v) is 4.88. The zero-order valence-electron chi connectivity index (χ0n) is 11.3. The minimum Gasteiger partial charge on any atom is -0.379 e. The first kappa shape index (κ1) is 13.6. The quantitative estimate of drug-likeness (QED) is 0.802. The fourth-order valence-corrected chi connectivity index (χ4v) is 2.45. The van der Waals surface area contributed by atoms with Crippen LogP contribution >= 0.6 is 0 Å². The molecule has 3 rings (SSSR count). The van der Waals surface area contributed by atoms with Crippen LogP contribution in [-0.2, 0) is 5.60 Å². The minimum atomic E-state index is -1.47. The third-order valence-corrected chi connectivity index (χ3v) is 3.50. The van der Waals surface area contributed by atoms with E-state index in [4.69, 9.17) is 0 Å². The van der Waals surface area contributed by atoms with Gasteiger partial charge >= 0.3 is 0 Å². The molecule has 0 amide bonds. The van der Waals surface area contributed by atoms with E-state index < -0.39 is 11.4 Å². The number of rotatable bonds is 4. The summed E-state index contributed by atoms with van der Waals surface area (Å²) in [7, 11) is 0. The normalized spacial score (nSPS) is 17.0. The monoisotopic (exact) mass is 285 g/mol. The maximum Gasteiger partial charge on any atom is 0.134 e. The van der Waals surface area contributed by atoms with Gasteiger partial charge in [0.15, 0.2) is 0 Å². The fourth-order valence-electron chi connectivity index (χ4n) is 2.45. The molecule has 4 nitrogen and oxygen atoms in total. The molecule has 1 unspecified atom stereocenters. The molecule has 2 aromatic rings. The molecule has 0 aromatic heterocycles. The smallest absolute Gasteiger partial charge is 0.134 e. The molecule has 21 heavy (non-hydrogen) atoms. The van der Waals surface area contributed by atoms with Crippen molar-refractivity contribution in [3.05, 3.63) is 83.9 Å². The first-order chi connectivity index (χ1) is 10.2. The van der Waals surface area contributed by atoms with Gasteiger partial charge < -0.3 is 16.0 Å². The molecule has 2 aromatic carbocycles. The molecule has 0 fully saturated rings. The third-order valence-electron chi connectivity index (χ3n) is 3.50. The highest BCUT2D eigenvalue weighted by Crippen LogP contribution is 2.32.